The van der Waals surface area contributed by atoms with Gasteiger partial charge in [-0.1, -0.05) is 6.92 Å². The van der Waals surface area contributed by atoms with Gasteiger partial charge in [-0.05, 0) is 18.6 Å². The molecule has 0 spiro atoms. The Bertz CT molecular complexity index is 492. The Kier molecular flexibility index (Phi) is 3.45. The maximum absolute atomic E-state index is 11.8. The first-order valence-electron chi connectivity index (χ1n) is 5.83. The number of furan rings is 1. The molecule has 2 heterocycles. The second kappa shape index (κ2) is 5.03. The van der Waals surface area contributed by atoms with Crippen LogP contribution in [0.3, 0.4) is 0 Å². The Morgan fingerprint density at radius 1 is 1.50 bits per heavy atom. The third-order valence-electron chi connectivity index (χ3n) is 2.78. The van der Waals surface area contributed by atoms with E-state index in [1.54, 1.807) is 12.1 Å². The lowest BCUT2D eigenvalue weighted by molar-refractivity contribution is -0.134. The minimum Gasteiger partial charge on any atom is -0.456 e. The summed E-state index contributed by atoms with van der Waals surface area (Å²) in [6.07, 6.45) is 1.25. The Morgan fingerprint density at radius 2 is 2.28 bits per heavy atom. The van der Waals surface area contributed by atoms with Gasteiger partial charge in [0, 0.05) is 12.8 Å². The SMILES string of the molecule is CCc1ccc(C(=O)NC2CCC(=O)NC2=O)o1. The molecule has 6 heteroatoms. The predicted octanol–water partition coefficient (Wildman–Crippen LogP) is 0.377. The molecule has 6 nitrogen and oxygen atoms in total. The molecule has 0 bridgehead atoms. The number of carbonyl (C=O) groups is 3. The van der Waals surface area contributed by atoms with Crippen LogP contribution in [0, 0.1) is 0 Å². The van der Waals surface area contributed by atoms with E-state index in [9.17, 15) is 14.4 Å². The van der Waals surface area contributed by atoms with E-state index in [-0.39, 0.29) is 18.1 Å². The van der Waals surface area contributed by atoms with Gasteiger partial charge in [-0.25, -0.2) is 0 Å². The highest BCUT2D eigenvalue weighted by Gasteiger charge is 2.28. The van der Waals surface area contributed by atoms with E-state index >= 15 is 0 Å². The molecule has 1 aromatic rings. The number of rotatable bonds is 3. The number of imide groups is 1. The number of hydrogen-bond donors (Lipinski definition) is 2. The standard InChI is InChI=1S/C12H14N2O4/c1-2-7-3-5-9(18-7)12(17)13-8-4-6-10(15)14-11(8)16/h3,5,8H,2,4,6H2,1H3,(H,13,17)(H,14,15,16). The van der Waals surface area contributed by atoms with Crippen molar-refractivity contribution in [1.29, 1.82) is 0 Å². The van der Waals surface area contributed by atoms with Crippen molar-refractivity contribution < 1.29 is 18.8 Å². The van der Waals surface area contributed by atoms with Crippen LogP contribution in [-0.4, -0.2) is 23.8 Å². The largest absolute Gasteiger partial charge is 0.456 e. The van der Waals surface area contributed by atoms with Crippen LogP contribution >= 0.6 is 0 Å². The van der Waals surface area contributed by atoms with Crippen LogP contribution in [0.5, 0.6) is 0 Å². The fraction of sp³-hybridized carbons (Fsp3) is 0.417. The molecule has 1 aliphatic heterocycles. The summed E-state index contributed by atoms with van der Waals surface area (Å²) in [5, 5.41) is 4.73. The monoisotopic (exact) mass is 250 g/mol. The lowest BCUT2D eigenvalue weighted by Crippen LogP contribution is -2.52. The minimum atomic E-state index is -0.676. The third-order valence-corrected chi connectivity index (χ3v) is 2.78. The molecule has 18 heavy (non-hydrogen) atoms. The Morgan fingerprint density at radius 3 is 2.89 bits per heavy atom. The summed E-state index contributed by atoms with van der Waals surface area (Å²) in [6.45, 7) is 1.92. The molecule has 1 aliphatic rings. The van der Waals surface area contributed by atoms with Gasteiger partial charge in [-0.15, -0.1) is 0 Å². The van der Waals surface area contributed by atoms with Crippen molar-refractivity contribution in [3.63, 3.8) is 0 Å². The third kappa shape index (κ3) is 2.58. The summed E-state index contributed by atoms with van der Waals surface area (Å²) in [4.78, 5) is 34.2. The van der Waals surface area contributed by atoms with Crippen LogP contribution in [0.4, 0.5) is 0 Å². The minimum absolute atomic E-state index is 0.177. The molecule has 1 fully saturated rings. The molecule has 0 radical (unpaired) electrons. The average Bonchev–Trinajstić information content (AvgIpc) is 2.81. The van der Waals surface area contributed by atoms with Crippen LogP contribution in [0.25, 0.3) is 0 Å². The second-order valence-corrected chi connectivity index (χ2v) is 4.10. The Labute approximate surface area is 104 Å². The second-order valence-electron chi connectivity index (χ2n) is 4.10. The van der Waals surface area contributed by atoms with Crippen LogP contribution in [0.15, 0.2) is 16.5 Å². The van der Waals surface area contributed by atoms with Gasteiger partial charge in [0.1, 0.15) is 11.8 Å². The van der Waals surface area contributed by atoms with Crippen LogP contribution in [-0.2, 0) is 16.0 Å². The molecule has 96 valence electrons. The highest BCUT2D eigenvalue weighted by atomic mass is 16.3. The first kappa shape index (κ1) is 12.3. The molecule has 1 unspecified atom stereocenters. The molecule has 3 amide bonds. The van der Waals surface area contributed by atoms with Gasteiger partial charge < -0.3 is 9.73 Å². The number of hydrogen-bond acceptors (Lipinski definition) is 4. The summed E-state index contributed by atoms with van der Waals surface area (Å²) in [5.74, 6) is -0.331. The number of carbonyl (C=O) groups excluding carboxylic acids is 3. The summed E-state index contributed by atoms with van der Waals surface area (Å²) < 4.78 is 5.28. The highest BCUT2D eigenvalue weighted by molar-refractivity contribution is 6.03. The summed E-state index contributed by atoms with van der Waals surface area (Å²) in [7, 11) is 0. The van der Waals surface area contributed by atoms with Gasteiger partial charge >= 0.3 is 0 Å². The van der Waals surface area contributed by atoms with E-state index in [2.05, 4.69) is 10.6 Å². The maximum Gasteiger partial charge on any atom is 0.287 e. The topological polar surface area (TPSA) is 88.4 Å². The lowest BCUT2D eigenvalue weighted by atomic mass is 10.1. The van der Waals surface area contributed by atoms with E-state index in [1.165, 1.54) is 0 Å². The van der Waals surface area contributed by atoms with E-state index in [0.29, 0.717) is 18.6 Å². The van der Waals surface area contributed by atoms with Crippen molar-refractivity contribution in [2.45, 2.75) is 32.2 Å². The molecule has 1 aromatic heterocycles. The highest BCUT2D eigenvalue weighted by Crippen LogP contribution is 2.10. The van der Waals surface area contributed by atoms with Crippen LogP contribution in [0.2, 0.25) is 0 Å². The van der Waals surface area contributed by atoms with Crippen LogP contribution < -0.4 is 10.6 Å². The van der Waals surface area contributed by atoms with Gasteiger partial charge in [0.2, 0.25) is 11.8 Å². The number of amides is 3. The van der Waals surface area contributed by atoms with Crippen molar-refractivity contribution in [2.24, 2.45) is 0 Å². The molecular formula is C12H14N2O4. The van der Waals surface area contributed by atoms with Gasteiger partial charge in [0.25, 0.3) is 5.91 Å². The van der Waals surface area contributed by atoms with Crippen molar-refractivity contribution in [2.75, 3.05) is 0 Å². The number of piperidine rings is 1. The van der Waals surface area contributed by atoms with E-state index in [1.807, 2.05) is 6.92 Å². The predicted molar refractivity (Wildman–Crippen MR) is 61.7 cm³/mol. The molecule has 1 atom stereocenters. The first-order chi connectivity index (χ1) is 8.60. The number of aryl methyl sites for hydroxylation is 1. The van der Waals surface area contributed by atoms with Gasteiger partial charge in [0.15, 0.2) is 5.76 Å². The van der Waals surface area contributed by atoms with E-state index in [0.717, 1.165) is 0 Å². The Hall–Kier alpha value is -2.11. The van der Waals surface area contributed by atoms with Crippen molar-refractivity contribution in [3.05, 3.63) is 23.7 Å². The molecule has 2 rings (SSSR count). The average molecular weight is 250 g/mol. The van der Waals surface area contributed by atoms with Crippen molar-refractivity contribution >= 4 is 17.7 Å². The summed E-state index contributed by atoms with van der Waals surface area (Å²) in [6, 6.07) is 2.62. The van der Waals surface area contributed by atoms with Crippen molar-refractivity contribution in [3.8, 4) is 0 Å². The fourth-order valence-electron chi connectivity index (χ4n) is 1.75. The fourth-order valence-corrected chi connectivity index (χ4v) is 1.75. The smallest absolute Gasteiger partial charge is 0.287 e. The summed E-state index contributed by atoms with van der Waals surface area (Å²) in [5.41, 5.74) is 0. The molecule has 0 aliphatic carbocycles. The van der Waals surface area contributed by atoms with Gasteiger partial charge in [-0.3, -0.25) is 19.7 Å². The quantitative estimate of drug-likeness (QED) is 0.759. The van der Waals surface area contributed by atoms with Gasteiger partial charge in [-0.2, -0.15) is 0 Å². The molecular weight excluding hydrogens is 236 g/mol. The number of nitrogens with one attached hydrogen (secondary N) is 2. The Balaban J connectivity index is 1.99. The maximum atomic E-state index is 11.8. The van der Waals surface area contributed by atoms with E-state index < -0.39 is 17.9 Å². The van der Waals surface area contributed by atoms with E-state index in [4.69, 9.17) is 4.42 Å². The molecule has 2 N–H and O–H groups in total. The normalized spacial score (nSPS) is 19.5. The molecule has 0 saturated carbocycles. The molecule has 1 saturated heterocycles. The lowest BCUT2D eigenvalue weighted by Gasteiger charge is -2.21. The van der Waals surface area contributed by atoms with Crippen LogP contribution in [0.1, 0.15) is 36.1 Å². The zero-order chi connectivity index (χ0) is 13.1. The zero-order valence-corrected chi connectivity index (χ0v) is 9.99. The molecule has 0 aromatic carbocycles. The first-order valence-corrected chi connectivity index (χ1v) is 5.83. The van der Waals surface area contributed by atoms with Crippen molar-refractivity contribution in [1.82, 2.24) is 10.6 Å². The zero-order valence-electron chi connectivity index (χ0n) is 9.99. The summed E-state index contributed by atoms with van der Waals surface area (Å²) >= 11 is 0. The van der Waals surface area contributed by atoms with Gasteiger partial charge in [0.05, 0.1) is 0 Å².